The molecule has 3 aromatic carbocycles. The number of ether oxygens (including phenoxy) is 1. The van der Waals surface area contributed by atoms with Gasteiger partial charge >= 0.3 is 5.95 Å². The Morgan fingerprint density at radius 2 is 1.55 bits per heavy atom. The number of azo groups is 1. The molecule has 1 aromatic heterocycles. The van der Waals surface area contributed by atoms with Crippen LogP contribution in [0.1, 0.15) is 12.8 Å². The van der Waals surface area contributed by atoms with Gasteiger partial charge in [-0.25, -0.2) is 0 Å². The number of para-hydroxylation sites is 2. The Kier molecular flexibility index (Phi) is 5.76. The number of nitrogens with two attached hydrogens (primary N) is 1. The van der Waals surface area contributed by atoms with Crippen molar-refractivity contribution in [1.82, 2.24) is 4.57 Å². The second-order valence-corrected chi connectivity index (χ2v) is 7.98. The quantitative estimate of drug-likeness (QED) is 0.325. The van der Waals surface area contributed by atoms with Crippen LogP contribution in [-0.4, -0.2) is 24.8 Å². The number of nitrogens with zero attached hydrogens (tertiary/aromatic N) is 5. The van der Waals surface area contributed by atoms with Crippen molar-refractivity contribution < 1.29 is 9.30 Å². The van der Waals surface area contributed by atoms with Gasteiger partial charge in [0.2, 0.25) is 5.82 Å². The van der Waals surface area contributed by atoms with Crippen LogP contribution in [-0.2, 0) is 0 Å². The molecule has 0 aliphatic carbocycles. The lowest BCUT2D eigenvalue weighted by atomic mass is 10.2. The van der Waals surface area contributed by atoms with E-state index in [4.69, 9.17) is 10.5 Å². The summed E-state index contributed by atoms with van der Waals surface area (Å²) in [7, 11) is 1.66. The topological polar surface area (TPSA) is 72.0 Å². The zero-order valence-electron chi connectivity index (χ0n) is 18.6. The molecule has 5 rings (SSSR count). The molecule has 0 radical (unpaired) electrons. The van der Waals surface area contributed by atoms with Gasteiger partial charge < -0.3 is 15.4 Å². The van der Waals surface area contributed by atoms with Crippen LogP contribution in [0.15, 0.2) is 95.3 Å². The van der Waals surface area contributed by atoms with Crippen LogP contribution in [0.4, 0.5) is 23.1 Å². The molecular formula is C26H27N6O+. The Balaban J connectivity index is 1.59. The number of hydrogen-bond acceptors (Lipinski definition) is 5. The van der Waals surface area contributed by atoms with Crippen molar-refractivity contribution in [1.29, 1.82) is 0 Å². The van der Waals surface area contributed by atoms with Crippen molar-refractivity contribution >= 4 is 23.1 Å². The summed E-state index contributed by atoms with van der Waals surface area (Å²) in [5.74, 6) is 1.85. The van der Waals surface area contributed by atoms with Gasteiger partial charge in [-0.2, -0.15) is 9.13 Å². The molecule has 1 aliphatic rings. The Morgan fingerprint density at radius 1 is 0.848 bits per heavy atom. The highest BCUT2D eigenvalue weighted by Gasteiger charge is 2.25. The third kappa shape index (κ3) is 4.17. The first kappa shape index (κ1) is 20.8. The maximum atomic E-state index is 6.44. The van der Waals surface area contributed by atoms with Crippen LogP contribution in [0, 0.1) is 0 Å². The molecule has 1 fully saturated rings. The van der Waals surface area contributed by atoms with E-state index in [0.29, 0.717) is 23.2 Å². The minimum Gasteiger partial charge on any atom is -0.494 e. The van der Waals surface area contributed by atoms with E-state index in [1.807, 2.05) is 88.1 Å². The predicted molar refractivity (Wildman–Crippen MR) is 130 cm³/mol. The number of imidazole rings is 1. The van der Waals surface area contributed by atoms with E-state index in [9.17, 15) is 0 Å². The minimum atomic E-state index is 0.565. The van der Waals surface area contributed by atoms with Gasteiger partial charge in [0.25, 0.3) is 0 Å². The molecule has 1 aliphatic heterocycles. The van der Waals surface area contributed by atoms with Crippen molar-refractivity contribution in [2.45, 2.75) is 12.8 Å². The molecule has 7 heteroatoms. The molecule has 0 atom stereocenters. The fourth-order valence-corrected chi connectivity index (χ4v) is 4.20. The summed E-state index contributed by atoms with van der Waals surface area (Å²) in [5.41, 5.74) is 10.1. The van der Waals surface area contributed by atoms with Crippen LogP contribution >= 0.6 is 0 Å². The molecule has 0 amide bonds. The average molecular weight is 440 g/mol. The van der Waals surface area contributed by atoms with Crippen LogP contribution in [0.25, 0.3) is 11.4 Å². The number of rotatable bonds is 6. The van der Waals surface area contributed by atoms with Gasteiger partial charge in [0, 0.05) is 30.0 Å². The molecule has 0 bridgehead atoms. The predicted octanol–water partition coefficient (Wildman–Crippen LogP) is 5.36. The number of anilines is 2. The van der Waals surface area contributed by atoms with E-state index < -0.39 is 0 Å². The normalized spacial score (nSPS) is 13.7. The van der Waals surface area contributed by atoms with Crippen LogP contribution in [0.2, 0.25) is 0 Å². The summed E-state index contributed by atoms with van der Waals surface area (Å²) in [4.78, 5) is 2.37. The van der Waals surface area contributed by atoms with Crippen LogP contribution in [0.3, 0.4) is 0 Å². The maximum absolute atomic E-state index is 6.44. The molecule has 2 heterocycles. The minimum absolute atomic E-state index is 0.565. The van der Waals surface area contributed by atoms with Crippen molar-refractivity contribution in [3.8, 4) is 17.1 Å². The van der Waals surface area contributed by atoms with Gasteiger partial charge in [-0.05, 0) is 49.2 Å². The van der Waals surface area contributed by atoms with Crippen molar-refractivity contribution in [3.63, 3.8) is 0 Å². The van der Waals surface area contributed by atoms with Gasteiger partial charge in [-0.3, -0.25) is 0 Å². The first-order valence-corrected chi connectivity index (χ1v) is 11.1. The third-order valence-corrected chi connectivity index (χ3v) is 5.87. The molecule has 0 saturated carbocycles. The van der Waals surface area contributed by atoms with E-state index in [0.717, 1.165) is 30.2 Å². The lowest BCUT2D eigenvalue weighted by Gasteiger charge is -2.18. The second kappa shape index (κ2) is 9.16. The molecular weight excluding hydrogens is 412 g/mol. The summed E-state index contributed by atoms with van der Waals surface area (Å²) in [6, 6.07) is 26.0. The van der Waals surface area contributed by atoms with Gasteiger partial charge in [0.05, 0.1) is 7.11 Å². The van der Waals surface area contributed by atoms with Gasteiger partial charge in [0.15, 0.2) is 0 Å². The van der Waals surface area contributed by atoms with Gasteiger partial charge in [0.1, 0.15) is 29.0 Å². The smallest absolute Gasteiger partial charge is 0.433 e. The number of aromatic nitrogens is 2. The van der Waals surface area contributed by atoms with E-state index >= 15 is 0 Å². The number of benzene rings is 3. The summed E-state index contributed by atoms with van der Waals surface area (Å²) in [5, 5.41) is 9.25. The summed E-state index contributed by atoms with van der Waals surface area (Å²) in [6.45, 7) is 2.15. The van der Waals surface area contributed by atoms with E-state index in [1.54, 1.807) is 7.11 Å². The molecule has 0 spiro atoms. The highest BCUT2D eigenvalue weighted by atomic mass is 16.5. The first-order chi connectivity index (χ1) is 16.2. The fraction of sp³-hybridized carbons (Fsp3) is 0.192. The Morgan fingerprint density at radius 3 is 2.24 bits per heavy atom. The standard InChI is InChI=1S/C26H27N6O/c1-33-24-18-22(30-16-8-9-17-30)14-15-23(24)28-29-26-31(20-10-4-2-5-11-20)19-25(27)32(26)21-12-6-3-7-13-21/h2-7,10-15,18-19H,8-9,16-17,27H2,1H3/q+1. The molecule has 1 saturated heterocycles. The highest BCUT2D eigenvalue weighted by molar-refractivity contribution is 5.62. The Bertz CT molecular complexity index is 1260. The average Bonchev–Trinajstić information content (AvgIpc) is 3.52. The lowest BCUT2D eigenvalue weighted by Crippen LogP contribution is -2.28. The largest absolute Gasteiger partial charge is 0.494 e. The van der Waals surface area contributed by atoms with Crippen molar-refractivity contribution in [3.05, 3.63) is 85.1 Å². The number of nitrogen functional groups attached to an aromatic ring is 1. The maximum Gasteiger partial charge on any atom is 0.433 e. The summed E-state index contributed by atoms with van der Waals surface area (Å²) >= 11 is 0. The highest BCUT2D eigenvalue weighted by Crippen LogP contribution is 2.34. The van der Waals surface area contributed by atoms with E-state index in [1.165, 1.54) is 12.8 Å². The zero-order valence-corrected chi connectivity index (χ0v) is 18.6. The number of hydrogen-bond donors (Lipinski definition) is 1. The van der Waals surface area contributed by atoms with E-state index in [-0.39, 0.29) is 0 Å². The monoisotopic (exact) mass is 439 g/mol. The molecule has 4 aromatic rings. The Hall–Kier alpha value is -4.13. The molecule has 0 unspecified atom stereocenters. The molecule has 33 heavy (non-hydrogen) atoms. The van der Waals surface area contributed by atoms with Crippen LogP contribution < -0.4 is 19.9 Å². The first-order valence-electron chi connectivity index (χ1n) is 11.1. The Labute approximate surface area is 193 Å². The lowest BCUT2D eigenvalue weighted by molar-refractivity contribution is -0.580. The van der Waals surface area contributed by atoms with E-state index in [2.05, 4.69) is 21.2 Å². The van der Waals surface area contributed by atoms with Gasteiger partial charge in [-0.15, -0.1) is 0 Å². The fourth-order valence-electron chi connectivity index (χ4n) is 4.20. The van der Waals surface area contributed by atoms with Crippen molar-refractivity contribution in [2.24, 2.45) is 10.2 Å². The summed E-state index contributed by atoms with van der Waals surface area (Å²) in [6.07, 6.45) is 4.31. The SMILES string of the molecule is COc1cc(N2CCCC2)ccc1N=Nc1n(-c2ccccc2)c(N)c[n+]1-c1ccccc1. The third-order valence-electron chi connectivity index (χ3n) is 5.87. The van der Waals surface area contributed by atoms with Crippen molar-refractivity contribution in [2.75, 3.05) is 30.8 Å². The molecule has 2 N–H and O–H groups in total. The summed E-state index contributed by atoms with van der Waals surface area (Å²) < 4.78 is 9.48. The molecule has 7 nitrogen and oxygen atoms in total. The molecule has 166 valence electrons. The number of methoxy groups -OCH3 is 1. The second-order valence-electron chi connectivity index (χ2n) is 7.98. The zero-order chi connectivity index (χ0) is 22.6. The van der Waals surface area contributed by atoms with Gasteiger partial charge in [-0.1, -0.05) is 41.5 Å². The van der Waals surface area contributed by atoms with Crippen LogP contribution in [0.5, 0.6) is 5.75 Å².